The van der Waals surface area contributed by atoms with Crippen LogP contribution in [0.3, 0.4) is 0 Å². The van der Waals surface area contributed by atoms with Gasteiger partial charge in [-0.1, -0.05) is 36.4 Å². The number of para-hydroxylation sites is 1. The molecule has 0 aliphatic heterocycles. The molecule has 0 spiro atoms. The van der Waals surface area contributed by atoms with E-state index in [9.17, 15) is 0 Å². The summed E-state index contributed by atoms with van der Waals surface area (Å²) in [5, 5.41) is 0. The van der Waals surface area contributed by atoms with Gasteiger partial charge in [0, 0.05) is 5.69 Å². The van der Waals surface area contributed by atoms with Gasteiger partial charge in [0.25, 0.3) is 0 Å². The maximum atomic E-state index is 5.87. The van der Waals surface area contributed by atoms with Gasteiger partial charge in [0.1, 0.15) is 11.5 Å². The molecule has 0 fully saturated rings. The molecule has 0 bridgehead atoms. The predicted molar refractivity (Wildman–Crippen MR) is 87.5 cm³/mol. The molecule has 2 heteroatoms. The van der Waals surface area contributed by atoms with Crippen LogP contribution in [0.2, 0.25) is 0 Å². The van der Waals surface area contributed by atoms with Crippen LogP contribution in [0.25, 0.3) is 11.1 Å². The minimum Gasteiger partial charge on any atom is -0.457 e. The standard InChI is InChI=1S/C19H17NO/c1-14-7-10-16(20)13-19(14)15-8-11-18(12-9-15)21-17-5-3-2-4-6-17/h2-13H,20H2,1H3. The quantitative estimate of drug-likeness (QED) is 0.680. The Kier molecular flexibility index (Phi) is 3.61. The highest BCUT2D eigenvalue weighted by atomic mass is 16.5. The summed E-state index contributed by atoms with van der Waals surface area (Å²) >= 11 is 0. The minimum atomic E-state index is 0.778. The summed E-state index contributed by atoms with van der Waals surface area (Å²) in [4.78, 5) is 0. The Labute approximate surface area is 124 Å². The topological polar surface area (TPSA) is 35.2 Å². The Balaban J connectivity index is 1.85. The van der Waals surface area contributed by atoms with Crippen LogP contribution in [0.1, 0.15) is 5.56 Å². The average molecular weight is 275 g/mol. The van der Waals surface area contributed by atoms with Gasteiger partial charge >= 0.3 is 0 Å². The van der Waals surface area contributed by atoms with Crippen molar-refractivity contribution in [3.05, 3.63) is 78.4 Å². The molecule has 2 nitrogen and oxygen atoms in total. The van der Waals surface area contributed by atoms with Gasteiger partial charge in [-0.25, -0.2) is 0 Å². The minimum absolute atomic E-state index is 0.778. The molecule has 0 unspecified atom stereocenters. The van der Waals surface area contributed by atoms with E-state index in [1.54, 1.807) is 0 Å². The molecule has 0 aromatic heterocycles. The molecule has 0 radical (unpaired) electrons. The van der Waals surface area contributed by atoms with E-state index >= 15 is 0 Å². The number of nitrogen functional groups attached to an aromatic ring is 1. The van der Waals surface area contributed by atoms with E-state index in [0.29, 0.717) is 0 Å². The number of nitrogens with two attached hydrogens (primary N) is 1. The van der Waals surface area contributed by atoms with E-state index < -0.39 is 0 Å². The van der Waals surface area contributed by atoms with Crippen molar-refractivity contribution in [2.24, 2.45) is 0 Å². The van der Waals surface area contributed by atoms with Crippen LogP contribution in [0.15, 0.2) is 72.8 Å². The number of aryl methyl sites for hydroxylation is 1. The summed E-state index contributed by atoms with van der Waals surface area (Å²) in [6.45, 7) is 2.09. The van der Waals surface area contributed by atoms with Gasteiger partial charge in [0.2, 0.25) is 0 Å². The van der Waals surface area contributed by atoms with Crippen molar-refractivity contribution in [2.45, 2.75) is 6.92 Å². The van der Waals surface area contributed by atoms with E-state index in [4.69, 9.17) is 10.5 Å². The number of hydrogen-bond acceptors (Lipinski definition) is 2. The zero-order valence-corrected chi connectivity index (χ0v) is 11.9. The summed E-state index contributed by atoms with van der Waals surface area (Å²) < 4.78 is 5.80. The van der Waals surface area contributed by atoms with Crippen LogP contribution in [0.4, 0.5) is 5.69 Å². The lowest BCUT2D eigenvalue weighted by molar-refractivity contribution is 0.483. The van der Waals surface area contributed by atoms with Gasteiger partial charge in [-0.2, -0.15) is 0 Å². The van der Waals surface area contributed by atoms with Gasteiger partial charge < -0.3 is 10.5 Å². The largest absolute Gasteiger partial charge is 0.457 e. The zero-order valence-electron chi connectivity index (χ0n) is 11.9. The maximum Gasteiger partial charge on any atom is 0.127 e. The third-order valence-corrected chi connectivity index (χ3v) is 3.41. The highest BCUT2D eigenvalue weighted by molar-refractivity contribution is 5.71. The Morgan fingerprint density at radius 2 is 1.43 bits per heavy atom. The second kappa shape index (κ2) is 5.71. The Morgan fingerprint density at radius 3 is 2.14 bits per heavy atom. The number of anilines is 1. The van der Waals surface area contributed by atoms with E-state index in [1.807, 2.05) is 60.7 Å². The fraction of sp³-hybridized carbons (Fsp3) is 0.0526. The molecule has 0 aliphatic rings. The molecule has 3 aromatic carbocycles. The first kappa shape index (κ1) is 13.3. The van der Waals surface area contributed by atoms with E-state index in [-0.39, 0.29) is 0 Å². The van der Waals surface area contributed by atoms with Gasteiger partial charge in [-0.15, -0.1) is 0 Å². The molecule has 0 saturated carbocycles. The van der Waals surface area contributed by atoms with E-state index in [0.717, 1.165) is 28.3 Å². The average Bonchev–Trinajstić information content (AvgIpc) is 2.52. The second-order valence-corrected chi connectivity index (χ2v) is 5.01. The smallest absolute Gasteiger partial charge is 0.127 e. The third-order valence-electron chi connectivity index (χ3n) is 3.41. The van der Waals surface area contributed by atoms with Crippen molar-refractivity contribution in [3.8, 4) is 22.6 Å². The van der Waals surface area contributed by atoms with Gasteiger partial charge in [-0.05, 0) is 60.0 Å². The first-order chi connectivity index (χ1) is 10.2. The lowest BCUT2D eigenvalue weighted by Gasteiger charge is -2.09. The highest BCUT2D eigenvalue weighted by Gasteiger charge is 2.03. The maximum absolute atomic E-state index is 5.87. The molecule has 0 heterocycles. The van der Waals surface area contributed by atoms with Gasteiger partial charge in [-0.3, -0.25) is 0 Å². The van der Waals surface area contributed by atoms with Crippen LogP contribution in [0, 0.1) is 6.92 Å². The van der Waals surface area contributed by atoms with Crippen molar-refractivity contribution in [3.63, 3.8) is 0 Å². The van der Waals surface area contributed by atoms with Crippen molar-refractivity contribution in [1.82, 2.24) is 0 Å². The van der Waals surface area contributed by atoms with Gasteiger partial charge in [0.15, 0.2) is 0 Å². The number of hydrogen-bond donors (Lipinski definition) is 1. The zero-order chi connectivity index (χ0) is 14.7. The van der Waals surface area contributed by atoms with E-state index in [1.165, 1.54) is 5.56 Å². The molecular weight excluding hydrogens is 258 g/mol. The summed E-state index contributed by atoms with van der Waals surface area (Å²) in [7, 11) is 0. The summed E-state index contributed by atoms with van der Waals surface area (Å²) in [6, 6.07) is 23.8. The fourth-order valence-corrected chi connectivity index (χ4v) is 2.28. The molecular formula is C19H17NO. The first-order valence-corrected chi connectivity index (χ1v) is 6.92. The molecule has 0 amide bonds. The van der Waals surface area contributed by atoms with Crippen LogP contribution in [-0.2, 0) is 0 Å². The molecule has 0 atom stereocenters. The van der Waals surface area contributed by atoms with Crippen molar-refractivity contribution < 1.29 is 4.74 Å². The fourth-order valence-electron chi connectivity index (χ4n) is 2.28. The predicted octanol–water partition coefficient (Wildman–Crippen LogP) is 5.04. The molecule has 3 rings (SSSR count). The highest BCUT2D eigenvalue weighted by Crippen LogP contribution is 2.28. The first-order valence-electron chi connectivity index (χ1n) is 6.92. The summed E-state index contributed by atoms with van der Waals surface area (Å²) in [6.07, 6.45) is 0. The van der Waals surface area contributed by atoms with Crippen molar-refractivity contribution >= 4 is 5.69 Å². The lowest BCUT2D eigenvalue weighted by atomic mass is 10.00. The molecule has 0 saturated heterocycles. The monoisotopic (exact) mass is 275 g/mol. The number of rotatable bonds is 3. The Bertz CT molecular complexity index is 733. The SMILES string of the molecule is Cc1ccc(N)cc1-c1ccc(Oc2ccccc2)cc1. The lowest BCUT2D eigenvalue weighted by Crippen LogP contribution is -1.89. The molecule has 2 N–H and O–H groups in total. The third kappa shape index (κ3) is 3.06. The Morgan fingerprint density at radius 1 is 0.762 bits per heavy atom. The normalized spacial score (nSPS) is 10.3. The molecule has 21 heavy (non-hydrogen) atoms. The van der Waals surface area contributed by atoms with Crippen LogP contribution in [0.5, 0.6) is 11.5 Å². The number of benzene rings is 3. The van der Waals surface area contributed by atoms with E-state index in [2.05, 4.69) is 19.1 Å². The molecule has 0 aliphatic carbocycles. The van der Waals surface area contributed by atoms with Crippen LogP contribution in [-0.4, -0.2) is 0 Å². The van der Waals surface area contributed by atoms with Gasteiger partial charge in [0.05, 0.1) is 0 Å². The van der Waals surface area contributed by atoms with Crippen molar-refractivity contribution in [1.29, 1.82) is 0 Å². The molecule has 3 aromatic rings. The van der Waals surface area contributed by atoms with Crippen LogP contribution >= 0.6 is 0 Å². The molecule has 104 valence electrons. The summed E-state index contributed by atoms with van der Waals surface area (Å²) in [5.41, 5.74) is 10.2. The van der Waals surface area contributed by atoms with Crippen LogP contribution < -0.4 is 10.5 Å². The summed E-state index contributed by atoms with van der Waals surface area (Å²) in [5.74, 6) is 1.66. The second-order valence-electron chi connectivity index (χ2n) is 5.01. The van der Waals surface area contributed by atoms with Crippen molar-refractivity contribution in [2.75, 3.05) is 5.73 Å². The Hall–Kier alpha value is -2.74. The number of ether oxygens (including phenoxy) is 1.